The number of carbonyl (C=O) groups excluding carboxylic acids is 1. The molecular weight excluding hydrogens is 242 g/mol. The van der Waals surface area contributed by atoms with Gasteiger partial charge in [0, 0.05) is 5.69 Å². The van der Waals surface area contributed by atoms with Gasteiger partial charge in [-0.25, -0.2) is 0 Å². The van der Waals surface area contributed by atoms with Crippen LogP contribution >= 0.6 is 15.9 Å². The lowest BCUT2D eigenvalue weighted by atomic mass is 9.99. The normalized spacial score (nSPS) is 12.5. The highest BCUT2D eigenvalue weighted by atomic mass is 79.9. The van der Waals surface area contributed by atoms with E-state index in [-0.39, 0.29) is 10.6 Å². The number of hydrogen-bond acceptors (Lipinski definition) is 2. The molecule has 0 saturated carbocycles. The summed E-state index contributed by atoms with van der Waals surface area (Å²) in [6.45, 7) is 3.61. The van der Waals surface area contributed by atoms with Crippen LogP contribution in [0, 0.1) is 0 Å². The third-order valence-electron chi connectivity index (χ3n) is 2.22. The van der Waals surface area contributed by atoms with Crippen LogP contribution in [0.5, 0.6) is 0 Å². The van der Waals surface area contributed by atoms with E-state index < -0.39 is 0 Å². The first-order valence-electron chi connectivity index (χ1n) is 4.59. The van der Waals surface area contributed by atoms with E-state index in [1.807, 2.05) is 18.2 Å². The lowest BCUT2D eigenvalue weighted by Gasteiger charge is -2.14. The molecule has 76 valence electrons. The lowest BCUT2D eigenvalue weighted by Crippen LogP contribution is -2.07. The van der Waals surface area contributed by atoms with Gasteiger partial charge in [0.25, 0.3) is 0 Å². The summed E-state index contributed by atoms with van der Waals surface area (Å²) < 4.78 is 0. The summed E-state index contributed by atoms with van der Waals surface area (Å²) in [5, 5.41) is 0. The molecule has 0 fully saturated rings. The maximum absolute atomic E-state index is 11.3. The topological polar surface area (TPSA) is 43.1 Å². The van der Waals surface area contributed by atoms with Crippen molar-refractivity contribution in [3.8, 4) is 0 Å². The van der Waals surface area contributed by atoms with Gasteiger partial charge >= 0.3 is 0 Å². The number of ketones is 1. The fourth-order valence-electron chi connectivity index (χ4n) is 1.45. The van der Waals surface area contributed by atoms with Crippen molar-refractivity contribution in [2.75, 3.05) is 5.73 Å². The Morgan fingerprint density at radius 3 is 2.71 bits per heavy atom. The molecule has 1 aromatic rings. The molecule has 0 aliphatic rings. The quantitative estimate of drug-likeness (QED) is 0.667. The molecule has 0 aromatic heterocycles. The molecule has 1 aromatic carbocycles. The molecular formula is C11H14BrNO. The standard InChI is InChI=1S/C11H14BrNO/c1-3-8-5-4-6-9(13)10(8)11(12)7(2)14/h4-6,11H,3,13H2,1-2H3. The molecule has 0 aliphatic carbocycles. The third-order valence-corrected chi connectivity index (χ3v) is 3.32. The molecule has 2 nitrogen and oxygen atoms in total. The first-order chi connectivity index (χ1) is 6.57. The molecule has 1 atom stereocenters. The summed E-state index contributed by atoms with van der Waals surface area (Å²) in [6.07, 6.45) is 0.885. The Morgan fingerprint density at radius 1 is 1.57 bits per heavy atom. The number of anilines is 1. The second-order valence-electron chi connectivity index (χ2n) is 3.25. The smallest absolute Gasteiger partial charge is 0.147 e. The Balaban J connectivity index is 3.23. The average molecular weight is 256 g/mol. The Hall–Kier alpha value is -0.830. The minimum Gasteiger partial charge on any atom is -0.398 e. The van der Waals surface area contributed by atoms with E-state index in [1.54, 1.807) is 6.92 Å². The van der Waals surface area contributed by atoms with Gasteiger partial charge in [0.05, 0.1) is 4.83 Å². The van der Waals surface area contributed by atoms with Crippen LogP contribution in [0.1, 0.15) is 29.8 Å². The molecule has 0 saturated heterocycles. The molecule has 0 radical (unpaired) electrons. The van der Waals surface area contributed by atoms with Gasteiger partial charge in [0.2, 0.25) is 0 Å². The zero-order valence-electron chi connectivity index (χ0n) is 8.38. The van der Waals surface area contributed by atoms with Gasteiger partial charge in [0.15, 0.2) is 0 Å². The maximum atomic E-state index is 11.3. The van der Waals surface area contributed by atoms with E-state index in [0.717, 1.165) is 17.5 Å². The van der Waals surface area contributed by atoms with Crippen LogP contribution in [0.2, 0.25) is 0 Å². The highest BCUT2D eigenvalue weighted by molar-refractivity contribution is 9.09. The average Bonchev–Trinajstić information content (AvgIpc) is 2.16. The van der Waals surface area contributed by atoms with Gasteiger partial charge in [-0.05, 0) is 30.5 Å². The number of carbonyl (C=O) groups is 1. The van der Waals surface area contributed by atoms with Crippen molar-refractivity contribution < 1.29 is 4.79 Å². The number of nitrogen functional groups attached to an aromatic ring is 1. The molecule has 3 heteroatoms. The van der Waals surface area contributed by atoms with Crippen LogP contribution in [0.15, 0.2) is 18.2 Å². The number of benzene rings is 1. The van der Waals surface area contributed by atoms with Gasteiger partial charge < -0.3 is 5.73 Å². The molecule has 0 aliphatic heterocycles. The van der Waals surface area contributed by atoms with Crippen molar-refractivity contribution >= 4 is 27.4 Å². The number of rotatable bonds is 3. The van der Waals surface area contributed by atoms with Gasteiger partial charge in [-0.3, -0.25) is 4.79 Å². The first kappa shape index (κ1) is 11.2. The van der Waals surface area contributed by atoms with Crippen molar-refractivity contribution in [3.63, 3.8) is 0 Å². The molecule has 1 unspecified atom stereocenters. The largest absolute Gasteiger partial charge is 0.398 e. The number of alkyl halides is 1. The summed E-state index contributed by atoms with van der Waals surface area (Å²) in [7, 11) is 0. The Bertz CT molecular complexity index is 349. The van der Waals surface area contributed by atoms with E-state index >= 15 is 0 Å². The van der Waals surface area contributed by atoms with Gasteiger partial charge in [-0.1, -0.05) is 35.0 Å². The summed E-state index contributed by atoms with van der Waals surface area (Å²) in [6, 6.07) is 5.74. The minimum absolute atomic E-state index is 0.0811. The summed E-state index contributed by atoms with van der Waals surface area (Å²) in [4.78, 5) is 11.0. The van der Waals surface area contributed by atoms with E-state index in [1.165, 1.54) is 0 Å². The minimum atomic E-state index is -0.279. The molecule has 14 heavy (non-hydrogen) atoms. The number of Topliss-reactive ketones (excluding diaryl/α,β-unsaturated/α-hetero) is 1. The van der Waals surface area contributed by atoms with E-state index in [9.17, 15) is 4.79 Å². The second-order valence-corrected chi connectivity index (χ2v) is 4.16. The van der Waals surface area contributed by atoms with Crippen molar-refractivity contribution in [1.29, 1.82) is 0 Å². The SMILES string of the molecule is CCc1cccc(N)c1C(Br)C(C)=O. The number of hydrogen-bond donors (Lipinski definition) is 1. The third kappa shape index (κ3) is 2.15. The van der Waals surface area contributed by atoms with Gasteiger partial charge in [-0.2, -0.15) is 0 Å². The predicted molar refractivity (Wildman–Crippen MR) is 62.6 cm³/mol. The van der Waals surface area contributed by atoms with Crippen LogP contribution in [0.3, 0.4) is 0 Å². The molecule has 1 rings (SSSR count). The number of aryl methyl sites for hydroxylation is 1. The van der Waals surface area contributed by atoms with Crippen LogP contribution in [-0.4, -0.2) is 5.78 Å². The van der Waals surface area contributed by atoms with Crippen molar-refractivity contribution in [1.82, 2.24) is 0 Å². The Kier molecular flexibility index (Phi) is 3.69. The monoisotopic (exact) mass is 255 g/mol. The molecule has 0 bridgehead atoms. The molecule has 0 amide bonds. The van der Waals surface area contributed by atoms with Crippen LogP contribution in [-0.2, 0) is 11.2 Å². The summed E-state index contributed by atoms with van der Waals surface area (Å²) >= 11 is 3.36. The first-order valence-corrected chi connectivity index (χ1v) is 5.51. The van der Waals surface area contributed by atoms with E-state index in [4.69, 9.17) is 5.73 Å². The number of nitrogens with two attached hydrogens (primary N) is 1. The molecule has 0 heterocycles. The van der Waals surface area contributed by atoms with Crippen molar-refractivity contribution in [2.45, 2.75) is 25.1 Å². The second kappa shape index (κ2) is 4.60. The van der Waals surface area contributed by atoms with Crippen LogP contribution in [0.25, 0.3) is 0 Å². The van der Waals surface area contributed by atoms with E-state index in [0.29, 0.717) is 5.69 Å². The van der Waals surface area contributed by atoms with Crippen LogP contribution in [0.4, 0.5) is 5.69 Å². The predicted octanol–water partition coefficient (Wildman–Crippen LogP) is 2.86. The maximum Gasteiger partial charge on any atom is 0.147 e. The fourth-order valence-corrected chi connectivity index (χ4v) is 2.01. The van der Waals surface area contributed by atoms with Gasteiger partial charge in [0.1, 0.15) is 5.78 Å². The summed E-state index contributed by atoms with van der Waals surface area (Å²) in [5.74, 6) is 0.0811. The summed E-state index contributed by atoms with van der Waals surface area (Å²) in [5.41, 5.74) is 8.58. The molecule has 2 N–H and O–H groups in total. The zero-order valence-corrected chi connectivity index (χ0v) is 9.97. The molecule has 0 spiro atoms. The highest BCUT2D eigenvalue weighted by Gasteiger charge is 2.18. The Morgan fingerprint density at radius 2 is 2.21 bits per heavy atom. The fraction of sp³-hybridized carbons (Fsp3) is 0.364. The van der Waals surface area contributed by atoms with Crippen molar-refractivity contribution in [3.05, 3.63) is 29.3 Å². The lowest BCUT2D eigenvalue weighted by molar-refractivity contribution is -0.116. The number of halogens is 1. The van der Waals surface area contributed by atoms with Crippen molar-refractivity contribution in [2.24, 2.45) is 0 Å². The van der Waals surface area contributed by atoms with Gasteiger partial charge in [-0.15, -0.1) is 0 Å². The zero-order chi connectivity index (χ0) is 10.7. The highest BCUT2D eigenvalue weighted by Crippen LogP contribution is 2.31. The van der Waals surface area contributed by atoms with Crippen LogP contribution < -0.4 is 5.73 Å². The Labute approximate surface area is 92.6 Å². The van der Waals surface area contributed by atoms with E-state index in [2.05, 4.69) is 22.9 Å².